The van der Waals surface area contributed by atoms with Crippen molar-refractivity contribution in [1.82, 2.24) is 14.1 Å². The second-order valence-electron chi connectivity index (χ2n) is 5.91. The van der Waals surface area contributed by atoms with E-state index in [1.54, 1.807) is 18.3 Å². The molecule has 1 aromatic heterocycles. The first-order valence-corrected chi connectivity index (χ1v) is 9.11. The van der Waals surface area contributed by atoms with Gasteiger partial charge in [0, 0.05) is 20.1 Å². The highest BCUT2D eigenvalue weighted by Crippen LogP contribution is 2.29. The highest BCUT2D eigenvalue weighted by molar-refractivity contribution is 7.89. The van der Waals surface area contributed by atoms with Gasteiger partial charge >= 0.3 is 0 Å². The van der Waals surface area contributed by atoms with E-state index in [0.717, 1.165) is 25.7 Å². The second-order valence-corrected chi connectivity index (χ2v) is 7.79. The molecule has 1 fully saturated rings. The third-order valence-corrected chi connectivity index (χ3v) is 6.47. The summed E-state index contributed by atoms with van der Waals surface area (Å²) in [6.45, 7) is 5.09. The molecule has 1 aliphatic rings. The van der Waals surface area contributed by atoms with Crippen molar-refractivity contribution in [3.8, 4) is 0 Å². The molecule has 1 atom stereocenters. The lowest BCUT2D eigenvalue weighted by Crippen LogP contribution is -2.32. The van der Waals surface area contributed by atoms with Crippen LogP contribution in [0.15, 0.2) is 4.90 Å². The van der Waals surface area contributed by atoms with E-state index in [1.165, 1.54) is 11.1 Å². The first-order valence-electron chi connectivity index (χ1n) is 7.67. The van der Waals surface area contributed by atoms with E-state index in [2.05, 4.69) is 12.0 Å². The van der Waals surface area contributed by atoms with Crippen LogP contribution >= 0.6 is 0 Å². The predicted molar refractivity (Wildman–Crippen MR) is 83.4 cm³/mol. The summed E-state index contributed by atoms with van der Waals surface area (Å²) in [5, 5.41) is 4.03. The summed E-state index contributed by atoms with van der Waals surface area (Å²) >= 11 is 0. The van der Waals surface area contributed by atoms with E-state index in [1.807, 2.05) is 0 Å². The number of anilines is 1. The van der Waals surface area contributed by atoms with Crippen LogP contribution in [0, 0.1) is 12.8 Å². The van der Waals surface area contributed by atoms with Gasteiger partial charge in [-0.3, -0.25) is 4.68 Å². The van der Waals surface area contributed by atoms with Gasteiger partial charge in [0.25, 0.3) is 0 Å². The van der Waals surface area contributed by atoms with Crippen LogP contribution in [-0.4, -0.2) is 35.6 Å². The molecule has 1 saturated heterocycles. The molecule has 1 aliphatic heterocycles. The summed E-state index contributed by atoms with van der Waals surface area (Å²) in [5.74, 6) is 0.742. The third kappa shape index (κ3) is 3.23. The molecule has 2 rings (SSSR count). The Labute approximate surface area is 127 Å². The van der Waals surface area contributed by atoms with Gasteiger partial charge in [0.15, 0.2) is 5.82 Å². The number of hydrogen-bond acceptors (Lipinski definition) is 4. The Hall–Kier alpha value is -1.08. The minimum atomic E-state index is -3.54. The zero-order valence-electron chi connectivity index (χ0n) is 13.2. The van der Waals surface area contributed by atoms with Crippen LogP contribution in [0.5, 0.6) is 0 Å². The SMILES string of the molecule is CCCC1CCCN(S(=O)(=O)c2c(N)nn(C)c2C)CC1. The third-order valence-electron chi connectivity index (χ3n) is 4.41. The van der Waals surface area contributed by atoms with Gasteiger partial charge in [-0.15, -0.1) is 0 Å². The van der Waals surface area contributed by atoms with Crippen molar-refractivity contribution >= 4 is 15.8 Å². The van der Waals surface area contributed by atoms with Crippen molar-refractivity contribution < 1.29 is 8.42 Å². The van der Waals surface area contributed by atoms with Crippen LogP contribution in [0.2, 0.25) is 0 Å². The fourth-order valence-electron chi connectivity index (χ4n) is 3.14. The molecular weight excluding hydrogens is 288 g/mol. The lowest BCUT2D eigenvalue weighted by Gasteiger charge is -2.20. The van der Waals surface area contributed by atoms with Crippen molar-refractivity contribution in [2.45, 2.75) is 50.8 Å². The van der Waals surface area contributed by atoms with E-state index in [0.29, 0.717) is 24.7 Å². The number of nitrogen functional groups attached to an aromatic ring is 1. The summed E-state index contributed by atoms with van der Waals surface area (Å²) in [4.78, 5) is 0.180. The topological polar surface area (TPSA) is 81.2 Å². The highest BCUT2D eigenvalue weighted by atomic mass is 32.2. The van der Waals surface area contributed by atoms with Crippen LogP contribution in [0.4, 0.5) is 5.82 Å². The molecule has 0 radical (unpaired) electrons. The molecule has 1 unspecified atom stereocenters. The maximum Gasteiger partial charge on any atom is 0.248 e. The molecule has 6 nitrogen and oxygen atoms in total. The maximum atomic E-state index is 12.9. The van der Waals surface area contributed by atoms with Gasteiger partial charge in [-0.05, 0) is 32.1 Å². The molecule has 0 bridgehead atoms. The quantitative estimate of drug-likeness (QED) is 0.920. The number of aromatic nitrogens is 2. The average molecular weight is 314 g/mol. The molecule has 0 saturated carbocycles. The Morgan fingerprint density at radius 2 is 2.05 bits per heavy atom. The van der Waals surface area contributed by atoms with Crippen LogP contribution in [0.1, 0.15) is 44.7 Å². The van der Waals surface area contributed by atoms with E-state index >= 15 is 0 Å². The molecule has 21 heavy (non-hydrogen) atoms. The first-order chi connectivity index (χ1) is 9.87. The van der Waals surface area contributed by atoms with Gasteiger partial charge in [-0.2, -0.15) is 9.40 Å². The van der Waals surface area contributed by atoms with Crippen LogP contribution in [-0.2, 0) is 17.1 Å². The van der Waals surface area contributed by atoms with E-state index < -0.39 is 10.0 Å². The Morgan fingerprint density at radius 3 is 2.62 bits per heavy atom. The summed E-state index contributed by atoms with van der Waals surface area (Å²) in [6, 6.07) is 0. The lowest BCUT2D eigenvalue weighted by molar-refractivity contribution is 0.400. The highest BCUT2D eigenvalue weighted by Gasteiger charge is 2.32. The smallest absolute Gasteiger partial charge is 0.248 e. The van der Waals surface area contributed by atoms with Crippen LogP contribution < -0.4 is 5.73 Å². The normalized spacial score (nSPS) is 21.4. The predicted octanol–water partition coefficient (Wildman–Crippen LogP) is 1.90. The van der Waals surface area contributed by atoms with E-state index in [9.17, 15) is 8.42 Å². The van der Waals surface area contributed by atoms with Gasteiger partial charge in [0.1, 0.15) is 4.90 Å². The molecule has 120 valence electrons. The van der Waals surface area contributed by atoms with Crippen LogP contribution in [0.3, 0.4) is 0 Å². The minimum Gasteiger partial charge on any atom is -0.381 e. The minimum absolute atomic E-state index is 0.101. The number of nitrogens with zero attached hydrogens (tertiary/aromatic N) is 3. The second kappa shape index (κ2) is 6.36. The Bertz CT molecular complexity index is 594. The number of aryl methyl sites for hydroxylation is 1. The van der Waals surface area contributed by atoms with Gasteiger partial charge < -0.3 is 5.73 Å². The Balaban J connectivity index is 2.24. The largest absolute Gasteiger partial charge is 0.381 e. The summed E-state index contributed by atoms with van der Waals surface area (Å²) in [5.41, 5.74) is 6.41. The van der Waals surface area contributed by atoms with Gasteiger partial charge in [0.2, 0.25) is 10.0 Å². The lowest BCUT2D eigenvalue weighted by atomic mass is 9.96. The molecule has 0 spiro atoms. The summed E-state index contributed by atoms with van der Waals surface area (Å²) in [7, 11) is -1.83. The van der Waals surface area contributed by atoms with Crippen molar-refractivity contribution in [3.05, 3.63) is 5.69 Å². The molecule has 0 aliphatic carbocycles. The Morgan fingerprint density at radius 1 is 1.33 bits per heavy atom. The standard InChI is InChI=1S/C14H26N4O2S/c1-4-6-12-7-5-9-18(10-8-12)21(19,20)13-11(2)17(3)16-14(13)15/h12H,4-10H2,1-3H3,(H2,15,16). The van der Waals surface area contributed by atoms with Crippen molar-refractivity contribution in [1.29, 1.82) is 0 Å². The molecule has 1 aromatic rings. The number of sulfonamides is 1. The molecule has 2 N–H and O–H groups in total. The first kappa shape index (κ1) is 16.3. The van der Waals surface area contributed by atoms with Crippen molar-refractivity contribution in [2.75, 3.05) is 18.8 Å². The fraction of sp³-hybridized carbons (Fsp3) is 0.786. The maximum absolute atomic E-state index is 12.9. The zero-order valence-corrected chi connectivity index (χ0v) is 14.0. The zero-order chi connectivity index (χ0) is 15.6. The number of hydrogen-bond donors (Lipinski definition) is 1. The molecule has 7 heteroatoms. The van der Waals surface area contributed by atoms with Gasteiger partial charge in [0.05, 0.1) is 5.69 Å². The molecule has 2 heterocycles. The van der Waals surface area contributed by atoms with Crippen LogP contribution in [0.25, 0.3) is 0 Å². The number of nitrogens with two attached hydrogens (primary N) is 1. The van der Waals surface area contributed by atoms with Crippen molar-refractivity contribution in [2.24, 2.45) is 13.0 Å². The summed E-state index contributed by atoms with van der Waals surface area (Å²) < 4.78 is 28.8. The summed E-state index contributed by atoms with van der Waals surface area (Å²) in [6.07, 6.45) is 5.31. The monoisotopic (exact) mass is 314 g/mol. The van der Waals surface area contributed by atoms with Gasteiger partial charge in [-0.25, -0.2) is 8.42 Å². The fourth-order valence-corrected chi connectivity index (χ4v) is 4.92. The van der Waals surface area contributed by atoms with Gasteiger partial charge in [-0.1, -0.05) is 19.8 Å². The molecular formula is C14H26N4O2S. The average Bonchev–Trinajstić information content (AvgIpc) is 2.58. The van der Waals surface area contributed by atoms with E-state index in [-0.39, 0.29) is 10.7 Å². The van der Waals surface area contributed by atoms with E-state index in [4.69, 9.17) is 5.73 Å². The number of rotatable bonds is 4. The molecule has 0 amide bonds. The Kier molecular flexibility index (Phi) is 4.93. The van der Waals surface area contributed by atoms with Crippen molar-refractivity contribution in [3.63, 3.8) is 0 Å². The molecule has 0 aromatic carbocycles.